The van der Waals surface area contributed by atoms with E-state index in [9.17, 15) is 13.2 Å². The summed E-state index contributed by atoms with van der Waals surface area (Å²) < 4.78 is 28.4. The summed E-state index contributed by atoms with van der Waals surface area (Å²) in [6.45, 7) is 7.78. The van der Waals surface area contributed by atoms with E-state index in [1.165, 1.54) is 0 Å². The van der Waals surface area contributed by atoms with Crippen molar-refractivity contribution in [2.45, 2.75) is 25.3 Å². The van der Waals surface area contributed by atoms with Crippen LogP contribution in [0.15, 0.2) is 65.7 Å². The van der Waals surface area contributed by atoms with Crippen LogP contribution in [0.2, 0.25) is 0 Å². The predicted molar refractivity (Wildman–Crippen MR) is 138 cm³/mol. The van der Waals surface area contributed by atoms with Gasteiger partial charge in [0, 0.05) is 50.2 Å². The third-order valence-corrected chi connectivity index (χ3v) is 7.62. The van der Waals surface area contributed by atoms with Gasteiger partial charge in [0.25, 0.3) is 15.9 Å². The van der Waals surface area contributed by atoms with E-state index in [0.717, 1.165) is 43.1 Å². The van der Waals surface area contributed by atoms with Crippen LogP contribution in [0.3, 0.4) is 0 Å². The third-order valence-electron chi connectivity index (χ3n) is 6.10. The first-order valence-electron chi connectivity index (χ1n) is 11.6. The number of likely N-dealkylation sites (N-methyl/N-ethyl adjacent to an activating group) is 1. The number of aromatic nitrogens is 1. The Bertz CT molecular complexity index is 1320. The summed E-state index contributed by atoms with van der Waals surface area (Å²) in [5, 5.41) is 2.92. The fourth-order valence-electron chi connectivity index (χ4n) is 3.99. The molecule has 184 valence electrons. The number of carbonyl (C=O) groups excluding carboxylic acids is 1. The van der Waals surface area contributed by atoms with E-state index in [0.29, 0.717) is 23.4 Å². The second-order valence-electron chi connectivity index (χ2n) is 8.95. The number of pyridine rings is 1. The molecule has 0 bridgehead atoms. The summed E-state index contributed by atoms with van der Waals surface area (Å²) in [6.07, 6.45) is 1.76. The number of aryl methyl sites for hydroxylation is 2. The maximum atomic E-state index is 12.9. The molecule has 35 heavy (non-hydrogen) atoms. The van der Waals surface area contributed by atoms with Crippen molar-refractivity contribution in [1.82, 2.24) is 15.2 Å². The summed E-state index contributed by atoms with van der Waals surface area (Å²) >= 11 is 0. The molecule has 0 radical (unpaired) electrons. The van der Waals surface area contributed by atoms with Gasteiger partial charge in [0.15, 0.2) is 0 Å². The Morgan fingerprint density at radius 3 is 2.54 bits per heavy atom. The molecule has 9 heteroatoms. The first-order chi connectivity index (χ1) is 16.7. The largest absolute Gasteiger partial charge is 0.354 e. The van der Waals surface area contributed by atoms with Crippen molar-refractivity contribution in [3.8, 4) is 0 Å². The van der Waals surface area contributed by atoms with Crippen LogP contribution in [0.25, 0.3) is 0 Å². The molecule has 0 saturated carbocycles. The Morgan fingerprint density at radius 2 is 1.77 bits per heavy atom. The van der Waals surface area contributed by atoms with Gasteiger partial charge in [-0.05, 0) is 74.0 Å². The summed E-state index contributed by atoms with van der Waals surface area (Å²) in [5.74, 6) is 0.628. The van der Waals surface area contributed by atoms with Crippen molar-refractivity contribution in [3.63, 3.8) is 0 Å². The SMILES string of the molecule is Cc1ccc(C)c(S(=O)(=O)Nc2cccc(C(=O)NCc3ccnc(N4CCN(C)CC4)c3)c2)c1. The Labute approximate surface area is 207 Å². The maximum Gasteiger partial charge on any atom is 0.262 e. The molecular formula is C26H31N5O3S. The topological polar surface area (TPSA) is 94.6 Å². The first-order valence-corrected chi connectivity index (χ1v) is 13.1. The fraction of sp³-hybridized carbons (Fsp3) is 0.308. The zero-order chi connectivity index (χ0) is 25.0. The summed E-state index contributed by atoms with van der Waals surface area (Å²) in [6, 6.07) is 15.7. The number of piperazine rings is 1. The number of rotatable bonds is 7. The molecule has 2 N–H and O–H groups in total. The van der Waals surface area contributed by atoms with Gasteiger partial charge in [-0.2, -0.15) is 0 Å². The van der Waals surface area contributed by atoms with Crippen molar-refractivity contribution in [1.29, 1.82) is 0 Å². The minimum atomic E-state index is -3.78. The molecule has 0 aliphatic carbocycles. The molecule has 0 unspecified atom stereocenters. The minimum absolute atomic E-state index is 0.223. The number of nitrogens with zero attached hydrogens (tertiary/aromatic N) is 3. The van der Waals surface area contributed by atoms with Crippen LogP contribution < -0.4 is 14.9 Å². The average molecular weight is 494 g/mol. The number of anilines is 2. The van der Waals surface area contributed by atoms with E-state index in [1.807, 2.05) is 25.1 Å². The van der Waals surface area contributed by atoms with Crippen LogP contribution in [0.1, 0.15) is 27.0 Å². The van der Waals surface area contributed by atoms with Crippen LogP contribution in [-0.2, 0) is 16.6 Å². The lowest BCUT2D eigenvalue weighted by Crippen LogP contribution is -2.44. The minimum Gasteiger partial charge on any atom is -0.354 e. The van der Waals surface area contributed by atoms with Crippen LogP contribution in [0.5, 0.6) is 0 Å². The lowest BCUT2D eigenvalue weighted by atomic mass is 10.2. The van der Waals surface area contributed by atoms with Crippen LogP contribution >= 0.6 is 0 Å². The van der Waals surface area contributed by atoms with Gasteiger partial charge in [-0.25, -0.2) is 13.4 Å². The lowest BCUT2D eigenvalue weighted by molar-refractivity contribution is 0.0951. The molecule has 1 amide bonds. The van der Waals surface area contributed by atoms with E-state index in [2.05, 4.69) is 31.9 Å². The fourth-order valence-corrected chi connectivity index (χ4v) is 5.37. The van der Waals surface area contributed by atoms with Crippen molar-refractivity contribution < 1.29 is 13.2 Å². The third kappa shape index (κ3) is 6.17. The Kier molecular flexibility index (Phi) is 7.37. The van der Waals surface area contributed by atoms with E-state index in [4.69, 9.17) is 0 Å². The van der Waals surface area contributed by atoms with Gasteiger partial charge in [0.05, 0.1) is 4.90 Å². The van der Waals surface area contributed by atoms with Crippen molar-refractivity contribution in [2.75, 3.05) is 42.8 Å². The Hall–Kier alpha value is -3.43. The van der Waals surface area contributed by atoms with Crippen LogP contribution in [0, 0.1) is 13.8 Å². The van der Waals surface area contributed by atoms with Crippen LogP contribution in [0.4, 0.5) is 11.5 Å². The molecule has 0 atom stereocenters. The standard InChI is InChI=1S/C26H31N5O3S/c1-19-7-8-20(2)24(15-19)35(33,34)29-23-6-4-5-22(17-23)26(32)28-18-21-9-10-27-25(16-21)31-13-11-30(3)12-14-31/h4-10,15-17,29H,11-14,18H2,1-3H3,(H,28,32). The van der Waals surface area contributed by atoms with E-state index in [-0.39, 0.29) is 10.8 Å². The number of amides is 1. The summed E-state index contributed by atoms with van der Waals surface area (Å²) in [5.41, 5.74) is 3.18. The first kappa shape index (κ1) is 24.7. The normalized spacial score (nSPS) is 14.5. The average Bonchev–Trinajstić information content (AvgIpc) is 2.84. The zero-order valence-corrected chi connectivity index (χ0v) is 21.1. The molecule has 3 aromatic rings. The molecule has 1 saturated heterocycles. The van der Waals surface area contributed by atoms with Gasteiger partial charge in [0.1, 0.15) is 5.82 Å². The van der Waals surface area contributed by atoms with Crippen LogP contribution in [-0.4, -0.2) is 57.4 Å². The quantitative estimate of drug-likeness (QED) is 0.525. The highest BCUT2D eigenvalue weighted by Crippen LogP contribution is 2.21. The molecule has 0 spiro atoms. The van der Waals surface area contributed by atoms with Crippen molar-refractivity contribution in [3.05, 3.63) is 83.0 Å². The van der Waals surface area contributed by atoms with E-state index < -0.39 is 10.0 Å². The van der Waals surface area contributed by atoms with Gasteiger partial charge in [-0.15, -0.1) is 0 Å². The monoisotopic (exact) mass is 493 g/mol. The van der Waals surface area contributed by atoms with Gasteiger partial charge >= 0.3 is 0 Å². The molecular weight excluding hydrogens is 462 g/mol. The highest BCUT2D eigenvalue weighted by atomic mass is 32.2. The lowest BCUT2D eigenvalue weighted by Gasteiger charge is -2.33. The molecule has 8 nitrogen and oxygen atoms in total. The highest BCUT2D eigenvalue weighted by Gasteiger charge is 2.18. The molecule has 1 aliphatic rings. The van der Waals surface area contributed by atoms with E-state index >= 15 is 0 Å². The zero-order valence-electron chi connectivity index (χ0n) is 20.3. The molecule has 1 aromatic heterocycles. The van der Waals surface area contributed by atoms with Gasteiger partial charge < -0.3 is 15.1 Å². The smallest absolute Gasteiger partial charge is 0.262 e. The number of sulfonamides is 1. The maximum absolute atomic E-state index is 12.9. The number of hydrogen-bond acceptors (Lipinski definition) is 6. The summed E-state index contributed by atoms with van der Waals surface area (Å²) in [4.78, 5) is 22.1. The molecule has 1 fully saturated rings. The molecule has 2 aromatic carbocycles. The van der Waals surface area contributed by atoms with Gasteiger partial charge in [-0.1, -0.05) is 18.2 Å². The molecule has 2 heterocycles. The van der Waals surface area contributed by atoms with Gasteiger partial charge in [-0.3, -0.25) is 9.52 Å². The Balaban J connectivity index is 1.41. The number of hydrogen-bond donors (Lipinski definition) is 2. The summed E-state index contributed by atoms with van der Waals surface area (Å²) in [7, 11) is -1.67. The van der Waals surface area contributed by atoms with Crippen molar-refractivity contribution >= 4 is 27.4 Å². The molecule has 4 rings (SSSR count). The van der Waals surface area contributed by atoms with E-state index in [1.54, 1.807) is 49.5 Å². The number of carbonyl (C=O) groups is 1. The Morgan fingerprint density at radius 1 is 1.00 bits per heavy atom. The second kappa shape index (κ2) is 10.5. The van der Waals surface area contributed by atoms with Crippen molar-refractivity contribution in [2.24, 2.45) is 0 Å². The van der Waals surface area contributed by atoms with Gasteiger partial charge in [0.2, 0.25) is 0 Å². The second-order valence-corrected chi connectivity index (χ2v) is 10.6. The molecule has 1 aliphatic heterocycles. The number of nitrogens with one attached hydrogen (secondary N) is 2. The predicted octanol–water partition coefficient (Wildman–Crippen LogP) is 3.18. The highest BCUT2D eigenvalue weighted by molar-refractivity contribution is 7.92. The number of benzene rings is 2.